The fourth-order valence-corrected chi connectivity index (χ4v) is 2.16. The summed E-state index contributed by atoms with van der Waals surface area (Å²) < 4.78 is 5.87. The Morgan fingerprint density at radius 3 is 2.76 bits per heavy atom. The Hall–Kier alpha value is -2.45. The van der Waals surface area contributed by atoms with Crippen LogP contribution in [-0.4, -0.2) is 13.2 Å². The standard InChI is InChI=1S/C17H19N3O/c1-2-3-13-21-17-11-10-14(7-6-12-19-20-18)15-8-4-5-9-16(15)17/h4-11H,2-3,12-13H2,1H3/b7-6+. The first-order chi connectivity index (χ1) is 10.4. The smallest absolute Gasteiger partial charge is 0.127 e. The molecule has 4 nitrogen and oxygen atoms in total. The molecule has 0 aromatic heterocycles. The number of hydrogen-bond donors (Lipinski definition) is 0. The largest absolute Gasteiger partial charge is 0.493 e. The van der Waals surface area contributed by atoms with Crippen LogP contribution in [0, 0.1) is 0 Å². The van der Waals surface area contributed by atoms with Crippen LogP contribution in [0.25, 0.3) is 27.3 Å². The lowest BCUT2D eigenvalue weighted by Gasteiger charge is -2.10. The van der Waals surface area contributed by atoms with Crippen molar-refractivity contribution in [3.8, 4) is 5.75 Å². The topological polar surface area (TPSA) is 58.0 Å². The van der Waals surface area contributed by atoms with Crippen molar-refractivity contribution in [3.05, 3.63) is 58.5 Å². The highest BCUT2D eigenvalue weighted by Crippen LogP contribution is 2.29. The second-order valence-electron chi connectivity index (χ2n) is 4.72. The Labute approximate surface area is 124 Å². The van der Waals surface area contributed by atoms with Gasteiger partial charge in [0.15, 0.2) is 0 Å². The molecule has 0 N–H and O–H groups in total. The third kappa shape index (κ3) is 4.01. The Bertz CT molecular complexity index is 673. The molecular weight excluding hydrogens is 262 g/mol. The normalized spacial score (nSPS) is 10.7. The molecule has 2 aromatic rings. The molecule has 0 amide bonds. The summed E-state index contributed by atoms with van der Waals surface area (Å²) in [7, 11) is 0. The molecule has 0 radical (unpaired) electrons. The third-order valence-electron chi connectivity index (χ3n) is 3.22. The number of nitrogens with zero attached hydrogens (tertiary/aromatic N) is 3. The number of hydrogen-bond acceptors (Lipinski definition) is 2. The first-order valence-electron chi connectivity index (χ1n) is 7.18. The van der Waals surface area contributed by atoms with Crippen molar-refractivity contribution in [2.75, 3.05) is 13.2 Å². The predicted octanol–water partition coefficient (Wildman–Crippen LogP) is 5.34. The summed E-state index contributed by atoms with van der Waals surface area (Å²) >= 11 is 0. The summed E-state index contributed by atoms with van der Waals surface area (Å²) in [4.78, 5) is 2.74. The quantitative estimate of drug-likeness (QED) is 0.292. The zero-order chi connectivity index (χ0) is 14.9. The first kappa shape index (κ1) is 14.9. The minimum atomic E-state index is 0.361. The molecule has 2 rings (SSSR count). The van der Waals surface area contributed by atoms with Crippen molar-refractivity contribution in [3.63, 3.8) is 0 Å². The van der Waals surface area contributed by atoms with Gasteiger partial charge in [-0.25, -0.2) is 0 Å². The van der Waals surface area contributed by atoms with Crippen LogP contribution < -0.4 is 4.74 Å². The van der Waals surface area contributed by atoms with Gasteiger partial charge in [-0.1, -0.05) is 60.9 Å². The van der Waals surface area contributed by atoms with Crippen molar-refractivity contribution >= 4 is 16.8 Å². The van der Waals surface area contributed by atoms with Crippen LogP contribution in [0.3, 0.4) is 0 Å². The van der Waals surface area contributed by atoms with E-state index in [1.165, 1.54) is 0 Å². The number of benzene rings is 2. The minimum absolute atomic E-state index is 0.361. The molecule has 0 bridgehead atoms. The van der Waals surface area contributed by atoms with Gasteiger partial charge in [0.1, 0.15) is 5.75 Å². The molecule has 21 heavy (non-hydrogen) atoms. The molecule has 4 heteroatoms. The van der Waals surface area contributed by atoms with Crippen molar-refractivity contribution in [1.82, 2.24) is 0 Å². The number of azide groups is 1. The second kappa shape index (κ2) is 7.98. The number of ether oxygens (including phenoxy) is 1. The van der Waals surface area contributed by atoms with Crippen LogP contribution >= 0.6 is 0 Å². The van der Waals surface area contributed by atoms with Gasteiger partial charge in [0.05, 0.1) is 6.61 Å². The Morgan fingerprint density at radius 2 is 2.00 bits per heavy atom. The maximum Gasteiger partial charge on any atom is 0.127 e. The minimum Gasteiger partial charge on any atom is -0.493 e. The van der Waals surface area contributed by atoms with Gasteiger partial charge >= 0.3 is 0 Å². The summed E-state index contributed by atoms with van der Waals surface area (Å²) in [5.74, 6) is 0.922. The molecule has 108 valence electrons. The number of unbranched alkanes of at least 4 members (excludes halogenated alkanes) is 1. The maximum absolute atomic E-state index is 8.28. The monoisotopic (exact) mass is 281 g/mol. The first-order valence-corrected chi connectivity index (χ1v) is 7.18. The van der Waals surface area contributed by atoms with E-state index in [1.54, 1.807) is 0 Å². The van der Waals surface area contributed by atoms with Crippen LogP contribution in [0.5, 0.6) is 5.75 Å². The van der Waals surface area contributed by atoms with Gasteiger partial charge in [0, 0.05) is 16.8 Å². The molecule has 2 aromatic carbocycles. The highest BCUT2D eigenvalue weighted by atomic mass is 16.5. The highest BCUT2D eigenvalue weighted by Gasteiger charge is 2.04. The van der Waals surface area contributed by atoms with E-state index in [0.717, 1.165) is 41.5 Å². The van der Waals surface area contributed by atoms with Crippen LogP contribution in [0.2, 0.25) is 0 Å². The molecule has 0 saturated carbocycles. The molecule has 0 aliphatic carbocycles. The van der Waals surface area contributed by atoms with Crippen LogP contribution in [0.4, 0.5) is 0 Å². The van der Waals surface area contributed by atoms with E-state index < -0.39 is 0 Å². The van der Waals surface area contributed by atoms with Gasteiger partial charge in [0.2, 0.25) is 0 Å². The van der Waals surface area contributed by atoms with Gasteiger partial charge in [-0.2, -0.15) is 0 Å². The zero-order valence-corrected chi connectivity index (χ0v) is 12.2. The molecule has 0 fully saturated rings. The lowest BCUT2D eigenvalue weighted by atomic mass is 10.0. The molecule has 0 aliphatic heterocycles. The van der Waals surface area contributed by atoms with E-state index in [0.29, 0.717) is 6.54 Å². The van der Waals surface area contributed by atoms with E-state index in [4.69, 9.17) is 10.3 Å². The molecule has 0 saturated heterocycles. The fourth-order valence-electron chi connectivity index (χ4n) is 2.16. The van der Waals surface area contributed by atoms with Gasteiger partial charge in [0.25, 0.3) is 0 Å². The van der Waals surface area contributed by atoms with Gasteiger partial charge in [-0.3, -0.25) is 0 Å². The Kier molecular flexibility index (Phi) is 5.68. The second-order valence-corrected chi connectivity index (χ2v) is 4.72. The number of fused-ring (bicyclic) bond motifs is 1. The predicted molar refractivity (Wildman–Crippen MR) is 87.4 cm³/mol. The van der Waals surface area contributed by atoms with Gasteiger partial charge in [-0.05, 0) is 29.0 Å². The van der Waals surface area contributed by atoms with Crippen molar-refractivity contribution in [1.29, 1.82) is 0 Å². The van der Waals surface area contributed by atoms with Gasteiger partial charge < -0.3 is 4.74 Å². The zero-order valence-electron chi connectivity index (χ0n) is 12.2. The van der Waals surface area contributed by atoms with Crippen molar-refractivity contribution in [2.24, 2.45) is 5.11 Å². The average Bonchev–Trinajstić information content (AvgIpc) is 2.53. The lowest BCUT2D eigenvalue weighted by Crippen LogP contribution is -1.97. The number of rotatable bonds is 7. The highest BCUT2D eigenvalue weighted by molar-refractivity contribution is 5.94. The summed E-state index contributed by atoms with van der Waals surface area (Å²) in [6.45, 7) is 3.26. The van der Waals surface area contributed by atoms with Gasteiger partial charge in [-0.15, -0.1) is 0 Å². The summed E-state index contributed by atoms with van der Waals surface area (Å²) in [5.41, 5.74) is 9.38. The average molecular weight is 281 g/mol. The van der Waals surface area contributed by atoms with E-state index in [2.05, 4.69) is 29.1 Å². The molecule has 0 atom stereocenters. The SMILES string of the molecule is CCCCOc1ccc(/C=C/CN=[N+]=[N-])c2ccccc12. The lowest BCUT2D eigenvalue weighted by molar-refractivity contribution is 0.313. The van der Waals surface area contributed by atoms with E-state index in [9.17, 15) is 0 Å². The third-order valence-corrected chi connectivity index (χ3v) is 3.22. The molecule has 0 unspecified atom stereocenters. The fraction of sp³-hybridized carbons (Fsp3) is 0.294. The Morgan fingerprint density at radius 1 is 1.19 bits per heavy atom. The summed E-state index contributed by atoms with van der Waals surface area (Å²) in [6, 6.07) is 12.2. The maximum atomic E-state index is 8.28. The summed E-state index contributed by atoms with van der Waals surface area (Å²) in [5, 5.41) is 5.76. The van der Waals surface area contributed by atoms with E-state index in [1.807, 2.05) is 36.4 Å². The Balaban J connectivity index is 2.30. The van der Waals surface area contributed by atoms with Crippen LogP contribution in [0.15, 0.2) is 47.6 Å². The molecule has 0 heterocycles. The van der Waals surface area contributed by atoms with Crippen LogP contribution in [-0.2, 0) is 0 Å². The summed E-state index contributed by atoms with van der Waals surface area (Å²) in [6.07, 6.45) is 6.02. The molecular formula is C17H19N3O. The van der Waals surface area contributed by atoms with Crippen LogP contribution in [0.1, 0.15) is 25.3 Å². The molecule has 0 aliphatic rings. The molecule has 0 spiro atoms. The van der Waals surface area contributed by atoms with E-state index >= 15 is 0 Å². The van der Waals surface area contributed by atoms with Crippen molar-refractivity contribution < 1.29 is 4.74 Å². The van der Waals surface area contributed by atoms with Crippen molar-refractivity contribution in [2.45, 2.75) is 19.8 Å². The van der Waals surface area contributed by atoms with E-state index in [-0.39, 0.29) is 0 Å².